The Morgan fingerprint density at radius 3 is 2.45 bits per heavy atom. The molecule has 0 spiro atoms. The Bertz CT molecular complexity index is 1190. The van der Waals surface area contributed by atoms with Crippen molar-refractivity contribution in [1.82, 2.24) is 14.9 Å². The number of halogens is 4. The number of nitrogens with one attached hydrogen (secondary N) is 1. The van der Waals surface area contributed by atoms with Crippen LogP contribution in [0.4, 0.5) is 23.4 Å². The third kappa shape index (κ3) is 4.37. The zero-order valence-electron chi connectivity index (χ0n) is 17.0. The van der Waals surface area contributed by atoms with Crippen molar-refractivity contribution in [3.8, 4) is 5.69 Å². The predicted octanol–water partition coefficient (Wildman–Crippen LogP) is 3.66. The van der Waals surface area contributed by atoms with Crippen molar-refractivity contribution in [2.45, 2.75) is 25.6 Å². The lowest BCUT2D eigenvalue weighted by molar-refractivity contribution is -0.153. The summed E-state index contributed by atoms with van der Waals surface area (Å²) in [5, 5.41) is 1.83. The number of rotatable bonds is 5. The molecule has 6 nitrogen and oxygen atoms in total. The molecule has 1 aromatic carbocycles. The van der Waals surface area contributed by atoms with E-state index in [1.807, 2.05) is 5.32 Å². The molecule has 1 amide bonds. The van der Waals surface area contributed by atoms with E-state index in [4.69, 9.17) is 0 Å². The lowest BCUT2D eigenvalue weighted by Crippen LogP contribution is -2.46. The van der Waals surface area contributed by atoms with E-state index in [1.54, 1.807) is 25.1 Å². The van der Waals surface area contributed by atoms with Crippen LogP contribution in [-0.4, -0.2) is 41.8 Å². The smallest absolute Gasteiger partial charge is 0.363 e. The van der Waals surface area contributed by atoms with Crippen molar-refractivity contribution in [2.24, 2.45) is 0 Å². The van der Waals surface area contributed by atoms with Gasteiger partial charge in [-0.25, -0.2) is 9.37 Å². The molecule has 0 radical (unpaired) electrons. The highest BCUT2D eigenvalue weighted by Gasteiger charge is 2.39. The molecule has 31 heavy (non-hydrogen) atoms. The van der Waals surface area contributed by atoms with Crippen LogP contribution in [0.1, 0.15) is 23.7 Å². The van der Waals surface area contributed by atoms with Crippen LogP contribution in [0, 0.1) is 5.82 Å². The normalized spacial score (nSPS) is 12.6. The third-order valence-corrected chi connectivity index (χ3v) is 4.76. The maximum absolute atomic E-state index is 14.5. The molecule has 1 atom stereocenters. The third-order valence-electron chi connectivity index (χ3n) is 4.76. The Morgan fingerprint density at radius 2 is 1.87 bits per heavy atom. The minimum Gasteiger partial charge on any atom is -0.363 e. The summed E-state index contributed by atoms with van der Waals surface area (Å²) in [6.07, 6.45) is -4.06. The molecule has 0 aliphatic carbocycles. The average Bonchev–Trinajstić information content (AvgIpc) is 2.71. The Labute approximate surface area is 175 Å². The van der Waals surface area contributed by atoms with E-state index < -0.39 is 41.4 Å². The standard InChI is InChI=1S/C21H20F4N4O2/c1-4-16(21(23,24)25)26-20(31)13-11-29(15-8-6-5-7-14(15)22)19-12(18(13)30)9-10-17(27-19)28(2)3/h5-11,16H,4H2,1-3H3,(H,26,31)/t16-/m1/s1. The molecular weight excluding hydrogens is 416 g/mol. The summed E-state index contributed by atoms with van der Waals surface area (Å²) in [5.74, 6) is -1.38. The number of amides is 1. The number of benzene rings is 1. The van der Waals surface area contributed by atoms with Gasteiger partial charge in [0.05, 0.1) is 11.1 Å². The molecule has 10 heteroatoms. The fourth-order valence-corrected chi connectivity index (χ4v) is 3.09. The van der Waals surface area contributed by atoms with Crippen LogP contribution in [0.5, 0.6) is 0 Å². The highest BCUT2D eigenvalue weighted by molar-refractivity contribution is 5.97. The van der Waals surface area contributed by atoms with Gasteiger partial charge >= 0.3 is 6.18 Å². The van der Waals surface area contributed by atoms with Crippen LogP contribution in [-0.2, 0) is 0 Å². The summed E-state index contributed by atoms with van der Waals surface area (Å²) >= 11 is 0. The Morgan fingerprint density at radius 1 is 1.19 bits per heavy atom. The molecule has 0 aliphatic heterocycles. The van der Waals surface area contributed by atoms with Crippen LogP contribution >= 0.6 is 0 Å². The van der Waals surface area contributed by atoms with Crippen molar-refractivity contribution in [3.63, 3.8) is 0 Å². The number of pyridine rings is 2. The van der Waals surface area contributed by atoms with E-state index in [-0.39, 0.29) is 16.7 Å². The number of aromatic nitrogens is 2. The zero-order chi connectivity index (χ0) is 22.9. The van der Waals surface area contributed by atoms with E-state index in [0.29, 0.717) is 5.82 Å². The molecule has 1 N–H and O–H groups in total. The molecule has 0 fully saturated rings. The van der Waals surface area contributed by atoms with Crippen molar-refractivity contribution in [2.75, 3.05) is 19.0 Å². The van der Waals surface area contributed by atoms with Gasteiger partial charge in [-0.15, -0.1) is 0 Å². The summed E-state index contributed by atoms with van der Waals surface area (Å²) in [4.78, 5) is 31.6. The fraction of sp³-hybridized carbons (Fsp3) is 0.286. The molecular formula is C21H20F4N4O2. The van der Waals surface area contributed by atoms with E-state index in [0.717, 1.165) is 6.20 Å². The van der Waals surface area contributed by atoms with Crippen LogP contribution in [0.2, 0.25) is 0 Å². The van der Waals surface area contributed by atoms with Crippen molar-refractivity contribution < 1.29 is 22.4 Å². The maximum atomic E-state index is 14.5. The van der Waals surface area contributed by atoms with Gasteiger partial charge in [-0.1, -0.05) is 19.1 Å². The topological polar surface area (TPSA) is 67.2 Å². The minimum absolute atomic E-state index is 0.00665. The Kier molecular flexibility index (Phi) is 6.01. The molecule has 2 aromatic heterocycles. The van der Waals surface area contributed by atoms with Crippen molar-refractivity contribution >= 4 is 22.8 Å². The molecule has 0 saturated carbocycles. The van der Waals surface area contributed by atoms with Gasteiger partial charge in [-0.05, 0) is 30.7 Å². The Balaban J connectivity index is 2.26. The quantitative estimate of drug-likeness (QED) is 0.620. The van der Waals surface area contributed by atoms with Gasteiger partial charge in [0, 0.05) is 20.3 Å². The number of anilines is 1. The largest absolute Gasteiger partial charge is 0.408 e. The van der Waals surface area contributed by atoms with Gasteiger partial charge in [0.1, 0.15) is 23.2 Å². The fourth-order valence-electron chi connectivity index (χ4n) is 3.09. The minimum atomic E-state index is -4.67. The van der Waals surface area contributed by atoms with Gasteiger partial charge in [-0.2, -0.15) is 13.2 Å². The molecule has 3 rings (SSSR count). The van der Waals surface area contributed by atoms with Crippen LogP contribution in [0.3, 0.4) is 0 Å². The van der Waals surface area contributed by atoms with Crippen LogP contribution < -0.4 is 15.6 Å². The highest BCUT2D eigenvalue weighted by atomic mass is 19.4. The summed E-state index contributed by atoms with van der Waals surface area (Å²) in [6, 6.07) is 6.43. The lowest BCUT2D eigenvalue weighted by Gasteiger charge is -2.21. The number of hydrogen-bond acceptors (Lipinski definition) is 4. The summed E-state index contributed by atoms with van der Waals surface area (Å²) in [7, 11) is 3.45. The number of nitrogens with zero attached hydrogens (tertiary/aromatic N) is 3. The van der Waals surface area contributed by atoms with E-state index in [9.17, 15) is 27.2 Å². The lowest BCUT2D eigenvalue weighted by atomic mass is 10.1. The number of carbonyl (C=O) groups is 1. The molecule has 2 heterocycles. The average molecular weight is 436 g/mol. The van der Waals surface area contributed by atoms with Gasteiger partial charge in [0.15, 0.2) is 5.65 Å². The number of carbonyl (C=O) groups excluding carboxylic acids is 1. The first-order valence-electron chi connectivity index (χ1n) is 9.40. The second-order valence-electron chi connectivity index (χ2n) is 7.10. The SMILES string of the molecule is CC[C@@H](NC(=O)c1cn(-c2ccccc2F)c2nc(N(C)C)ccc2c1=O)C(F)(F)F. The van der Waals surface area contributed by atoms with E-state index >= 15 is 0 Å². The van der Waals surface area contributed by atoms with Crippen LogP contribution in [0.25, 0.3) is 16.7 Å². The number of fused-ring (bicyclic) bond motifs is 1. The molecule has 0 bridgehead atoms. The Hall–Kier alpha value is -3.43. The number of para-hydroxylation sites is 1. The summed E-state index contributed by atoms with van der Waals surface area (Å²) in [6.45, 7) is 1.27. The molecule has 0 aliphatic rings. The number of alkyl halides is 3. The van der Waals surface area contributed by atoms with Gasteiger partial charge in [0.2, 0.25) is 5.43 Å². The van der Waals surface area contributed by atoms with Gasteiger partial charge in [-0.3, -0.25) is 14.2 Å². The second kappa shape index (κ2) is 8.37. The monoisotopic (exact) mass is 436 g/mol. The predicted molar refractivity (Wildman–Crippen MR) is 109 cm³/mol. The first-order chi connectivity index (χ1) is 14.5. The van der Waals surface area contributed by atoms with E-state index in [1.165, 1.54) is 41.8 Å². The van der Waals surface area contributed by atoms with Crippen molar-refractivity contribution in [1.29, 1.82) is 0 Å². The van der Waals surface area contributed by atoms with Crippen LogP contribution in [0.15, 0.2) is 47.4 Å². The molecule has 164 valence electrons. The van der Waals surface area contributed by atoms with Crippen molar-refractivity contribution in [3.05, 3.63) is 64.2 Å². The number of hydrogen-bond donors (Lipinski definition) is 1. The van der Waals surface area contributed by atoms with Gasteiger partial charge in [0.25, 0.3) is 5.91 Å². The molecule has 0 unspecified atom stereocenters. The van der Waals surface area contributed by atoms with Gasteiger partial charge < -0.3 is 10.2 Å². The molecule has 0 saturated heterocycles. The highest BCUT2D eigenvalue weighted by Crippen LogP contribution is 2.24. The molecule has 3 aromatic rings. The first kappa shape index (κ1) is 22.3. The first-order valence-corrected chi connectivity index (χ1v) is 9.40. The zero-order valence-corrected chi connectivity index (χ0v) is 17.0. The second-order valence-corrected chi connectivity index (χ2v) is 7.10. The summed E-state index contributed by atoms with van der Waals surface area (Å²) in [5.41, 5.74) is -1.28. The van der Waals surface area contributed by atoms with E-state index in [2.05, 4.69) is 4.98 Å². The summed E-state index contributed by atoms with van der Waals surface area (Å²) < 4.78 is 55.0. The maximum Gasteiger partial charge on any atom is 0.408 e.